The maximum absolute atomic E-state index is 10.3. The molecule has 1 heterocycles. The van der Waals surface area contributed by atoms with Crippen LogP contribution in [0.25, 0.3) is 0 Å². The zero-order chi connectivity index (χ0) is 16.7. The second-order valence-corrected chi connectivity index (χ2v) is 5.98. The Morgan fingerprint density at radius 2 is 1.96 bits per heavy atom. The molecule has 1 unspecified atom stereocenters. The largest absolute Gasteiger partial charge is 0.491 e. The van der Waals surface area contributed by atoms with E-state index in [0.717, 1.165) is 35.8 Å². The highest BCUT2D eigenvalue weighted by Gasteiger charge is 2.14. The number of hydrogen-bond donors (Lipinski definition) is 1. The maximum Gasteiger partial charge on any atom is 0.122 e. The molecule has 0 aliphatic carbocycles. The highest BCUT2D eigenvalue weighted by molar-refractivity contribution is 5.31. The van der Waals surface area contributed by atoms with Gasteiger partial charge >= 0.3 is 0 Å². The molecule has 1 aromatic heterocycles. The molecular weight excluding hydrogens is 290 g/mol. The number of aliphatic hydroxyl groups is 1. The molecule has 0 spiro atoms. The first kappa shape index (κ1) is 17.6. The quantitative estimate of drug-likeness (QED) is 0.768. The van der Waals surface area contributed by atoms with Crippen LogP contribution in [0.1, 0.15) is 30.4 Å². The van der Waals surface area contributed by atoms with Gasteiger partial charge in [-0.25, -0.2) is 0 Å². The van der Waals surface area contributed by atoms with Gasteiger partial charge in [0.2, 0.25) is 0 Å². The Kier molecular flexibility index (Phi) is 6.68. The molecule has 0 saturated carbocycles. The number of para-hydroxylation sites is 1. The van der Waals surface area contributed by atoms with Crippen molar-refractivity contribution in [3.63, 3.8) is 0 Å². The van der Waals surface area contributed by atoms with Crippen LogP contribution < -0.4 is 4.74 Å². The van der Waals surface area contributed by atoms with Gasteiger partial charge in [-0.15, -0.1) is 0 Å². The molecule has 0 bridgehead atoms. The SMILES string of the molecule is CCCN(Cc1ccc(C)o1)CC(O)COc1ccccc1C. The highest BCUT2D eigenvalue weighted by atomic mass is 16.5. The molecule has 2 rings (SSSR count). The van der Waals surface area contributed by atoms with Gasteiger partial charge in [-0.3, -0.25) is 4.90 Å². The van der Waals surface area contributed by atoms with Crippen LogP contribution in [0.4, 0.5) is 0 Å². The van der Waals surface area contributed by atoms with Crippen LogP contribution in [0.5, 0.6) is 5.75 Å². The summed E-state index contributed by atoms with van der Waals surface area (Å²) in [5, 5.41) is 10.3. The van der Waals surface area contributed by atoms with Crippen LogP contribution >= 0.6 is 0 Å². The van der Waals surface area contributed by atoms with Crippen molar-refractivity contribution in [3.05, 3.63) is 53.5 Å². The standard InChI is InChI=1S/C19H27NO3/c1-4-11-20(13-18-10-9-16(3)23-18)12-17(21)14-22-19-8-6-5-7-15(19)2/h5-10,17,21H,4,11-14H2,1-3H3. The Hall–Kier alpha value is -1.78. The van der Waals surface area contributed by atoms with E-state index in [0.29, 0.717) is 19.7 Å². The zero-order valence-corrected chi connectivity index (χ0v) is 14.3. The number of furan rings is 1. The van der Waals surface area contributed by atoms with Crippen LogP contribution in [-0.4, -0.2) is 35.8 Å². The lowest BCUT2D eigenvalue weighted by Gasteiger charge is -2.24. The predicted octanol–water partition coefficient (Wildman–Crippen LogP) is 3.55. The second kappa shape index (κ2) is 8.75. The first-order valence-electron chi connectivity index (χ1n) is 8.22. The van der Waals surface area contributed by atoms with Crippen molar-refractivity contribution in [2.45, 2.75) is 39.8 Å². The highest BCUT2D eigenvalue weighted by Crippen LogP contribution is 2.16. The fourth-order valence-electron chi connectivity index (χ4n) is 2.60. The van der Waals surface area contributed by atoms with E-state index >= 15 is 0 Å². The third kappa shape index (κ3) is 5.73. The third-order valence-corrected chi connectivity index (χ3v) is 3.71. The lowest BCUT2D eigenvalue weighted by molar-refractivity contribution is 0.0630. The summed E-state index contributed by atoms with van der Waals surface area (Å²) in [6, 6.07) is 11.8. The molecule has 126 valence electrons. The number of ether oxygens (including phenoxy) is 1. The van der Waals surface area contributed by atoms with Gasteiger partial charge in [0.25, 0.3) is 0 Å². The molecule has 23 heavy (non-hydrogen) atoms. The van der Waals surface area contributed by atoms with E-state index in [9.17, 15) is 5.11 Å². The summed E-state index contributed by atoms with van der Waals surface area (Å²) in [6.07, 6.45) is 0.502. The van der Waals surface area contributed by atoms with E-state index in [-0.39, 0.29) is 0 Å². The first-order chi connectivity index (χ1) is 11.1. The minimum absolute atomic E-state index is 0.294. The fraction of sp³-hybridized carbons (Fsp3) is 0.474. The summed E-state index contributed by atoms with van der Waals surface area (Å²) in [5.41, 5.74) is 1.08. The smallest absolute Gasteiger partial charge is 0.122 e. The van der Waals surface area contributed by atoms with Gasteiger partial charge in [-0.2, -0.15) is 0 Å². The maximum atomic E-state index is 10.3. The number of rotatable bonds is 9. The monoisotopic (exact) mass is 317 g/mol. The summed E-state index contributed by atoms with van der Waals surface area (Å²) in [4.78, 5) is 2.20. The number of aliphatic hydroxyl groups excluding tert-OH is 1. The van der Waals surface area contributed by atoms with Crippen molar-refractivity contribution in [1.82, 2.24) is 4.90 Å². The molecule has 4 nitrogen and oxygen atoms in total. The predicted molar refractivity (Wildman–Crippen MR) is 91.7 cm³/mol. The van der Waals surface area contributed by atoms with Gasteiger partial charge in [-0.1, -0.05) is 25.1 Å². The van der Waals surface area contributed by atoms with Crippen molar-refractivity contribution in [3.8, 4) is 5.75 Å². The number of hydrogen-bond acceptors (Lipinski definition) is 4. The van der Waals surface area contributed by atoms with Crippen molar-refractivity contribution in [2.24, 2.45) is 0 Å². The van der Waals surface area contributed by atoms with Gasteiger partial charge < -0.3 is 14.3 Å². The molecule has 1 N–H and O–H groups in total. The Bertz CT molecular complexity index is 594. The minimum atomic E-state index is -0.530. The molecule has 0 amide bonds. The van der Waals surface area contributed by atoms with E-state index in [2.05, 4.69) is 11.8 Å². The van der Waals surface area contributed by atoms with E-state index in [1.165, 1.54) is 0 Å². The van der Waals surface area contributed by atoms with Gasteiger partial charge in [0.1, 0.15) is 30.0 Å². The van der Waals surface area contributed by atoms with E-state index in [4.69, 9.17) is 9.15 Å². The molecule has 0 radical (unpaired) electrons. The van der Waals surface area contributed by atoms with Crippen LogP contribution in [0, 0.1) is 13.8 Å². The molecule has 0 aliphatic rings. The van der Waals surface area contributed by atoms with Crippen LogP contribution in [0.15, 0.2) is 40.8 Å². The minimum Gasteiger partial charge on any atom is -0.491 e. The van der Waals surface area contributed by atoms with Crippen molar-refractivity contribution < 1.29 is 14.3 Å². The van der Waals surface area contributed by atoms with Crippen molar-refractivity contribution in [2.75, 3.05) is 19.7 Å². The normalized spacial score (nSPS) is 12.6. The topological polar surface area (TPSA) is 45.8 Å². The lowest BCUT2D eigenvalue weighted by Crippen LogP contribution is -2.35. The zero-order valence-electron chi connectivity index (χ0n) is 14.3. The van der Waals surface area contributed by atoms with Gasteiger partial charge in [0.15, 0.2) is 0 Å². The van der Waals surface area contributed by atoms with E-state index < -0.39 is 6.10 Å². The average Bonchev–Trinajstić information content (AvgIpc) is 2.92. The molecule has 2 aromatic rings. The molecule has 0 saturated heterocycles. The molecule has 0 aliphatic heterocycles. The van der Waals surface area contributed by atoms with Gasteiger partial charge in [0.05, 0.1) is 6.54 Å². The summed E-state index contributed by atoms with van der Waals surface area (Å²) in [5.74, 6) is 2.68. The number of benzene rings is 1. The van der Waals surface area contributed by atoms with Gasteiger partial charge in [0, 0.05) is 6.54 Å². The van der Waals surface area contributed by atoms with Crippen LogP contribution in [0.3, 0.4) is 0 Å². The molecule has 4 heteroatoms. The second-order valence-electron chi connectivity index (χ2n) is 5.98. The molecule has 1 aromatic carbocycles. The van der Waals surface area contributed by atoms with Crippen LogP contribution in [-0.2, 0) is 6.54 Å². The molecule has 1 atom stereocenters. The first-order valence-corrected chi connectivity index (χ1v) is 8.22. The summed E-state index contributed by atoms with van der Waals surface area (Å²) in [6.45, 7) is 8.57. The van der Waals surface area contributed by atoms with Crippen molar-refractivity contribution in [1.29, 1.82) is 0 Å². The molecule has 0 fully saturated rings. The number of aryl methyl sites for hydroxylation is 2. The molecular formula is C19H27NO3. The Morgan fingerprint density at radius 1 is 1.17 bits per heavy atom. The summed E-state index contributed by atoms with van der Waals surface area (Å²) < 4.78 is 11.4. The van der Waals surface area contributed by atoms with E-state index in [1.807, 2.05) is 50.2 Å². The Balaban J connectivity index is 1.85. The van der Waals surface area contributed by atoms with Crippen molar-refractivity contribution >= 4 is 0 Å². The fourth-order valence-corrected chi connectivity index (χ4v) is 2.60. The Morgan fingerprint density at radius 3 is 2.61 bits per heavy atom. The van der Waals surface area contributed by atoms with Gasteiger partial charge in [-0.05, 0) is 50.6 Å². The lowest BCUT2D eigenvalue weighted by atomic mass is 10.2. The third-order valence-electron chi connectivity index (χ3n) is 3.71. The number of nitrogens with zero attached hydrogens (tertiary/aromatic N) is 1. The average molecular weight is 317 g/mol. The summed E-state index contributed by atoms with van der Waals surface area (Å²) in [7, 11) is 0. The van der Waals surface area contributed by atoms with E-state index in [1.54, 1.807) is 0 Å². The van der Waals surface area contributed by atoms with Crippen LogP contribution in [0.2, 0.25) is 0 Å². The Labute approximate surface area is 138 Å². The summed E-state index contributed by atoms with van der Waals surface area (Å²) >= 11 is 0.